The molecule has 6 heteroatoms. The number of para-hydroxylation sites is 1. The lowest BCUT2D eigenvalue weighted by Crippen LogP contribution is -2.40. The quantitative estimate of drug-likeness (QED) is 0.459. The van der Waals surface area contributed by atoms with E-state index in [-0.39, 0.29) is 0 Å². The fourth-order valence-corrected chi connectivity index (χ4v) is 3.71. The molecule has 3 unspecified atom stereocenters. The second-order valence-electron chi connectivity index (χ2n) is 6.84. The van der Waals surface area contributed by atoms with Crippen molar-refractivity contribution in [1.29, 1.82) is 0 Å². The van der Waals surface area contributed by atoms with Gasteiger partial charge in [-0.25, -0.2) is 0 Å². The van der Waals surface area contributed by atoms with Gasteiger partial charge in [0, 0.05) is 45.2 Å². The number of fused-ring (bicyclic) bond motifs is 2. The molecule has 140 valence electrons. The van der Waals surface area contributed by atoms with E-state index in [9.17, 15) is 15.3 Å². The first-order valence-corrected chi connectivity index (χ1v) is 8.97. The van der Waals surface area contributed by atoms with E-state index in [1.54, 1.807) is 13.8 Å². The van der Waals surface area contributed by atoms with Crippen molar-refractivity contribution in [2.45, 2.75) is 32.5 Å². The van der Waals surface area contributed by atoms with Gasteiger partial charge in [-0.2, -0.15) is 0 Å². The Morgan fingerprint density at radius 2 is 1.81 bits per heavy atom. The third kappa shape index (κ3) is 3.08. The fourth-order valence-electron chi connectivity index (χ4n) is 3.71. The first-order chi connectivity index (χ1) is 13.0. The Labute approximate surface area is 157 Å². The number of aliphatic hydroxyl groups excluding tert-OH is 3. The van der Waals surface area contributed by atoms with Crippen LogP contribution >= 0.6 is 0 Å². The molecule has 2 aromatic carbocycles. The zero-order valence-corrected chi connectivity index (χ0v) is 15.2. The van der Waals surface area contributed by atoms with Crippen LogP contribution in [0.2, 0.25) is 0 Å². The van der Waals surface area contributed by atoms with Gasteiger partial charge >= 0.3 is 0 Å². The summed E-state index contributed by atoms with van der Waals surface area (Å²) in [5.74, 6) is 0. The lowest BCUT2D eigenvalue weighted by Gasteiger charge is -2.30. The number of nitrogens with one attached hydrogen (secondary N) is 2. The minimum absolute atomic E-state index is 0.680. The van der Waals surface area contributed by atoms with Gasteiger partial charge < -0.3 is 30.5 Å². The minimum Gasteiger partial charge on any atom is -0.374 e. The highest BCUT2D eigenvalue weighted by molar-refractivity contribution is 6.00. The van der Waals surface area contributed by atoms with Crippen LogP contribution in [-0.4, -0.2) is 39.0 Å². The summed E-state index contributed by atoms with van der Waals surface area (Å²) < 4.78 is 0. The average Bonchev–Trinajstić information content (AvgIpc) is 3.16. The molecule has 1 aliphatic rings. The summed E-state index contributed by atoms with van der Waals surface area (Å²) in [6, 6.07) is 13.5. The summed E-state index contributed by atoms with van der Waals surface area (Å²) in [6.07, 6.45) is 1.37. The molecular formula is C21H23N3O3. The van der Waals surface area contributed by atoms with Crippen molar-refractivity contribution in [3.05, 3.63) is 59.8 Å². The van der Waals surface area contributed by atoms with Gasteiger partial charge in [-0.1, -0.05) is 18.2 Å². The molecular weight excluding hydrogens is 342 g/mol. The second-order valence-corrected chi connectivity index (χ2v) is 6.84. The average molecular weight is 365 g/mol. The zero-order valence-electron chi connectivity index (χ0n) is 15.2. The van der Waals surface area contributed by atoms with Crippen LogP contribution in [0.5, 0.6) is 0 Å². The molecule has 2 heterocycles. The minimum atomic E-state index is -0.844. The molecule has 3 aromatic rings. The van der Waals surface area contributed by atoms with Gasteiger partial charge in [0.1, 0.15) is 12.5 Å². The predicted octanol–water partition coefficient (Wildman–Crippen LogP) is 2.94. The van der Waals surface area contributed by atoms with Gasteiger partial charge in [-0.15, -0.1) is 0 Å². The van der Waals surface area contributed by atoms with E-state index in [1.165, 1.54) is 4.90 Å². The number of nitrogens with zero attached hydrogens (tertiary/aromatic N) is 1. The molecule has 3 atom stereocenters. The van der Waals surface area contributed by atoms with E-state index in [2.05, 4.69) is 10.3 Å². The fraction of sp³-hybridized carbons (Fsp3) is 0.238. The summed E-state index contributed by atoms with van der Waals surface area (Å²) >= 11 is 0. The standard InChI is InChI=1S/C21H23N3O3/c1-12(25)24(13(2)26)15-7-8-20-17(10-15)18(21(27)23-20)9-14-11-22-19-6-4-3-5-16(14)19/h3-13,21-23,25-27H,1-2H3. The molecule has 0 bridgehead atoms. The number of benzene rings is 2. The maximum absolute atomic E-state index is 10.5. The van der Waals surface area contributed by atoms with Gasteiger partial charge in [0.15, 0.2) is 6.23 Å². The molecule has 5 N–H and O–H groups in total. The third-order valence-electron chi connectivity index (χ3n) is 4.94. The Balaban J connectivity index is 1.80. The molecule has 0 fully saturated rings. The second kappa shape index (κ2) is 6.74. The van der Waals surface area contributed by atoms with Crippen LogP contribution in [0.4, 0.5) is 11.4 Å². The molecule has 0 spiro atoms. The van der Waals surface area contributed by atoms with Crippen molar-refractivity contribution in [2.75, 3.05) is 10.2 Å². The molecule has 6 nitrogen and oxygen atoms in total. The molecule has 4 rings (SSSR count). The lowest BCUT2D eigenvalue weighted by molar-refractivity contribution is 0.105. The summed E-state index contributed by atoms with van der Waals surface area (Å²) in [6.45, 7) is 3.21. The normalized spacial score (nSPS) is 19.7. The third-order valence-corrected chi connectivity index (χ3v) is 4.94. The zero-order chi connectivity index (χ0) is 19.1. The van der Waals surface area contributed by atoms with Crippen LogP contribution in [0.1, 0.15) is 25.0 Å². The SMILES string of the molecule is CC(O)N(c1ccc2c(c1)C(=Cc1c[nH]c3ccccc13)C(O)N2)C(C)O. The number of aliphatic hydroxyl groups is 3. The number of aromatic amines is 1. The molecule has 0 saturated heterocycles. The summed E-state index contributed by atoms with van der Waals surface area (Å²) in [5.41, 5.74) is 5.10. The Morgan fingerprint density at radius 3 is 2.56 bits per heavy atom. The summed E-state index contributed by atoms with van der Waals surface area (Å²) in [4.78, 5) is 4.75. The Hall–Kier alpha value is -2.80. The lowest BCUT2D eigenvalue weighted by atomic mass is 10.0. The number of hydrogen-bond acceptors (Lipinski definition) is 5. The number of hydrogen-bond donors (Lipinski definition) is 5. The number of anilines is 2. The van der Waals surface area contributed by atoms with E-state index in [1.807, 2.05) is 54.7 Å². The highest BCUT2D eigenvalue weighted by atomic mass is 16.3. The molecule has 27 heavy (non-hydrogen) atoms. The largest absolute Gasteiger partial charge is 0.374 e. The topological polar surface area (TPSA) is 91.8 Å². The maximum atomic E-state index is 10.5. The maximum Gasteiger partial charge on any atom is 0.151 e. The smallest absolute Gasteiger partial charge is 0.151 e. The summed E-state index contributed by atoms with van der Waals surface area (Å²) in [5, 5.41) is 34.7. The Morgan fingerprint density at radius 1 is 1.07 bits per heavy atom. The van der Waals surface area contributed by atoms with Gasteiger partial charge in [0.05, 0.1) is 0 Å². The van der Waals surface area contributed by atoms with Crippen molar-refractivity contribution in [2.24, 2.45) is 0 Å². The highest BCUT2D eigenvalue weighted by Crippen LogP contribution is 2.39. The van der Waals surface area contributed by atoms with E-state index >= 15 is 0 Å². The van der Waals surface area contributed by atoms with Gasteiger partial charge in [-0.05, 0) is 44.2 Å². The van der Waals surface area contributed by atoms with Crippen molar-refractivity contribution in [3.63, 3.8) is 0 Å². The molecule has 0 amide bonds. The van der Waals surface area contributed by atoms with Crippen molar-refractivity contribution in [3.8, 4) is 0 Å². The van der Waals surface area contributed by atoms with E-state index in [4.69, 9.17) is 0 Å². The Bertz CT molecular complexity index is 999. The van der Waals surface area contributed by atoms with Crippen LogP contribution in [-0.2, 0) is 0 Å². The van der Waals surface area contributed by atoms with Gasteiger partial charge in [-0.3, -0.25) is 0 Å². The van der Waals surface area contributed by atoms with Gasteiger partial charge in [0.2, 0.25) is 0 Å². The number of H-pyrrole nitrogens is 1. The molecule has 1 aliphatic heterocycles. The first-order valence-electron chi connectivity index (χ1n) is 8.97. The van der Waals surface area contributed by atoms with E-state index in [0.29, 0.717) is 5.69 Å². The number of rotatable bonds is 4. The molecule has 0 radical (unpaired) electrons. The number of aromatic nitrogens is 1. The van der Waals surface area contributed by atoms with Crippen molar-refractivity contribution >= 4 is 33.9 Å². The Kier molecular flexibility index (Phi) is 4.39. The van der Waals surface area contributed by atoms with Crippen LogP contribution in [0.3, 0.4) is 0 Å². The van der Waals surface area contributed by atoms with Crippen molar-refractivity contribution in [1.82, 2.24) is 4.98 Å². The molecule has 0 aliphatic carbocycles. The first kappa shape index (κ1) is 17.6. The van der Waals surface area contributed by atoms with Crippen LogP contribution in [0.15, 0.2) is 48.7 Å². The summed E-state index contributed by atoms with van der Waals surface area (Å²) in [7, 11) is 0. The predicted molar refractivity (Wildman–Crippen MR) is 108 cm³/mol. The van der Waals surface area contributed by atoms with Crippen LogP contribution in [0.25, 0.3) is 22.6 Å². The van der Waals surface area contributed by atoms with Crippen molar-refractivity contribution < 1.29 is 15.3 Å². The van der Waals surface area contributed by atoms with E-state index in [0.717, 1.165) is 33.3 Å². The molecule has 0 saturated carbocycles. The van der Waals surface area contributed by atoms with E-state index < -0.39 is 18.7 Å². The monoisotopic (exact) mass is 365 g/mol. The molecule has 1 aromatic heterocycles. The van der Waals surface area contributed by atoms with Gasteiger partial charge in [0.25, 0.3) is 0 Å². The highest BCUT2D eigenvalue weighted by Gasteiger charge is 2.27. The van der Waals surface area contributed by atoms with Crippen LogP contribution < -0.4 is 10.2 Å². The van der Waals surface area contributed by atoms with Crippen LogP contribution in [0, 0.1) is 0 Å².